The summed E-state index contributed by atoms with van der Waals surface area (Å²) in [4.78, 5) is 0.850. The summed E-state index contributed by atoms with van der Waals surface area (Å²) in [6, 6.07) is 1.49. The van der Waals surface area contributed by atoms with Gasteiger partial charge in [0.05, 0.1) is 11.5 Å². The molecule has 96 valence electrons. The monoisotopic (exact) mass is 295 g/mol. The van der Waals surface area contributed by atoms with Crippen molar-refractivity contribution in [3.8, 4) is 0 Å². The average Bonchev–Trinajstić information content (AvgIpc) is 2.78. The number of hydrogen-bond donors (Lipinski definition) is 1. The highest BCUT2D eigenvalue weighted by atomic mass is 32.2. The van der Waals surface area contributed by atoms with Crippen LogP contribution in [0.25, 0.3) is 0 Å². The number of sulfonamides is 1. The summed E-state index contributed by atoms with van der Waals surface area (Å²) < 4.78 is 36.9. The number of nitrogens with zero attached hydrogens (tertiary/aromatic N) is 1. The molecule has 0 unspecified atom stereocenters. The van der Waals surface area contributed by atoms with Crippen molar-refractivity contribution >= 4 is 32.2 Å². The predicted octanol–water partition coefficient (Wildman–Crippen LogP) is -0.00660. The van der Waals surface area contributed by atoms with Gasteiger partial charge < -0.3 is 5.11 Å². The van der Waals surface area contributed by atoms with Crippen LogP contribution in [0.4, 0.5) is 0 Å². The highest BCUT2D eigenvalue weighted by molar-refractivity contribution is 7.89. The summed E-state index contributed by atoms with van der Waals surface area (Å²) in [5, 5.41) is 10.5. The molecule has 8 heteroatoms. The van der Waals surface area contributed by atoms with Crippen molar-refractivity contribution in [3.05, 3.63) is 16.3 Å². The number of thiophene rings is 1. The van der Waals surface area contributed by atoms with E-state index >= 15 is 0 Å². The highest BCUT2D eigenvalue weighted by Crippen LogP contribution is 2.23. The maximum Gasteiger partial charge on any atom is 0.243 e. The molecule has 0 aromatic carbocycles. The minimum atomic E-state index is -3.48. The molecule has 0 aliphatic carbocycles. The molecule has 1 saturated heterocycles. The third-order valence-corrected chi connectivity index (χ3v) is 6.78. The first-order valence-electron chi connectivity index (χ1n) is 5.07. The summed E-state index contributed by atoms with van der Waals surface area (Å²) in [5.41, 5.74) is 0. The van der Waals surface area contributed by atoms with Gasteiger partial charge in [0.1, 0.15) is 0 Å². The van der Waals surface area contributed by atoms with Gasteiger partial charge in [0.15, 0.2) is 0 Å². The van der Waals surface area contributed by atoms with Gasteiger partial charge in [0.2, 0.25) is 10.0 Å². The quantitative estimate of drug-likeness (QED) is 0.851. The maximum absolute atomic E-state index is 12.2. The molecular weight excluding hydrogens is 282 g/mol. The van der Waals surface area contributed by atoms with Crippen LogP contribution in [0.1, 0.15) is 4.88 Å². The van der Waals surface area contributed by atoms with E-state index < -0.39 is 20.8 Å². The molecular formula is C9H13NO4S3. The summed E-state index contributed by atoms with van der Waals surface area (Å²) in [6.07, 6.45) is 0. The van der Waals surface area contributed by atoms with E-state index in [-0.39, 0.29) is 11.5 Å². The first-order valence-corrected chi connectivity index (χ1v) is 8.88. The SMILES string of the molecule is O=S1CCN(S(=O)(=O)c2csc(CO)c2)CC1. The van der Waals surface area contributed by atoms with E-state index in [9.17, 15) is 12.6 Å². The first kappa shape index (κ1) is 13.2. The molecule has 1 N–H and O–H groups in total. The van der Waals surface area contributed by atoms with E-state index in [4.69, 9.17) is 5.11 Å². The molecule has 0 spiro atoms. The molecule has 0 bridgehead atoms. The minimum absolute atomic E-state index is 0.149. The van der Waals surface area contributed by atoms with Crippen LogP contribution >= 0.6 is 11.3 Å². The molecule has 1 aliphatic rings. The number of aliphatic hydroxyl groups is 1. The summed E-state index contributed by atoms with van der Waals surface area (Å²) in [6.45, 7) is 0.461. The minimum Gasteiger partial charge on any atom is -0.391 e. The van der Waals surface area contributed by atoms with Crippen LogP contribution in [-0.2, 0) is 27.4 Å². The second-order valence-electron chi connectivity index (χ2n) is 3.66. The lowest BCUT2D eigenvalue weighted by Gasteiger charge is -2.24. The Morgan fingerprint density at radius 1 is 1.41 bits per heavy atom. The second-order valence-corrected chi connectivity index (χ2v) is 8.29. The zero-order chi connectivity index (χ0) is 12.5. The van der Waals surface area contributed by atoms with Crippen LogP contribution in [0.5, 0.6) is 0 Å². The van der Waals surface area contributed by atoms with Crippen molar-refractivity contribution in [3.63, 3.8) is 0 Å². The standard InChI is InChI=1S/C9H13NO4S3/c11-6-8-5-9(7-15-8)17(13,14)10-1-3-16(12)4-2-10/h5,7,11H,1-4,6H2. The molecule has 2 heterocycles. The fourth-order valence-corrected chi connectivity index (χ4v) is 5.44. The number of hydrogen-bond acceptors (Lipinski definition) is 5. The smallest absolute Gasteiger partial charge is 0.243 e. The van der Waals surface area contributed by atoms with Gasteiger partial charge in [-0.1, -0.05) is 0 Å². The molecule has 0 saturated carbocycles. The predicted molar refractivity (Wildman–Crippen MR) is 66.9 cm³/mol. The molecule has 17 heavy (non-hydrogen) atoms. The third-order valence-electron chi connectivity index (χ3n) is 2.56. The van der Waals surface area contributed by atoms with Gasteiger partial charge in [-0.05, 0) is 6.07 Å². The largest absolute Gasteiger partial charge is 0.391 e. The van der Waals surface area contributed by atoms with Crippen LogP contribution < -0.4 is 0 Å². The zero-order valence-corrected chi connectivity index (χ0v) is 11.5. The van der Waals surface area contributed by atoms with Crippen molar-refractivity contribution < 1.29 is 17.7 Å². The number of aliphatic hydroxyl groups excluding tert-OH is 1. The summed E-state index contributed by atoms with van der Waals surface area (Å²) in [7, 11) is -4.37. The normalized spacial score (nSPS) is 19.6. The lowest BCUT2D eigenvalue weighted by molar-refractivity contribution is 0.285. The van der Waals surface area contributed by atoms with Gasteiger partial charge in [0, 0.05) is 45.7 Å². The Hall–Kier alpha value is -0.280. The topological polar surface area (TPSA) is 74.7 Å². The fraction of sp³-hybridized carbons (Fsp3) is 0.556. The van der Waals surface area contributed by atoms with Gasteiger partial charge in [0.25, 0.3) is 0 Å². The van der Waals surface area contributed by atoms with Crippen LogP contribution in [-0.4, -0.2) is 46.6 Å². The molecule has 2 rings (SSSR count). The van der Waals surface area contributed by atoms with Crippen LogP contribution in [0, 0.1) is 0 Å². The molecule has 1 aromatic rings. The van der Waals surface area contributed by atoms with Gasteiger partial charge in [-0.2, -0.15) is 4.31 Å². The molecule has 0 amide bonds. The molecule has 5 nitrogen and oxygen atoms in total. The third kappa shape index (κ3) is 2.76. The van der Waals surface area contributed by atoms with E-state index in [1.165, 1.54) is 27.1 Å². The van der Waals surface area contributed by atoms with Crippen LogP contribution in [0.2, 0.25) is 0 Å². The van der Waals surface area contributed by atoms with Gasteiger partial charge in [-0.15, -0.1) is 11.3 Å². The molecule has 1 aromatic heterocycles. The second kappa shape index (κ2) is 5.15. The van der Waals surface area contributed by atoms with Gasteiger partial charge in [-0.25, -0.2) is 8.42 Å². The Morgan fingerprint density at radius 2 is 2.06 bits per heavy atom. The maximum atomic E-state index is 12.2. The molecule has 0 radical (unpaired) electrons. The first-order chi connectivity index (χ1) is 8.04. The molecule has 0 atom stereocenters. The van der Waals surface area contributed by atoms with E-state index in [1.807, 2.05) is 0 Å². The van der Waals surface area contributed by atoms with Crippen LogP contribution in [0.3, 0.4) is 0 Å². The van der Waals surface area contributed by atoms with Gasteiger partial charge in [-0.3, -0.25) is 4.21 Å². The Balaban J connectivity index is 2.21. The van der Waals surface area contributed by atoms with Crippen molar-refractivity contribution in [2.24, 2.45) is 0 Å². The lowest BCUT2D eigenvalue weighted by Crippen LogP contribution is -2.41. The summed E-state index contributed by atoms with van der Waals surface area (Å²) in [5.74, 6) is 0.798. The Morgan fingerprint density at radius 3 is 2.59 bits per heavy atom. The molecule has 1 aliphatic heterocycles. The Bertz CT molecular complexity index is 512. The number of rotatable bonds is 3. The van der Waals surface area contributed by atoms with E-state index in [1.54, 1.807) is 0 Å². The van der Waals surface area contributed by atoms with Crippen molar-refractivity contribution in [2.75, 3.05) is 24.6 Å². The highest BCUT2D eigenvalue weighted by Gasteiger charge is 2.28. The Kier molecular flexibility index (Phi) is 3.99. The van der Waals surface area contributed by atoms with E-state index in [2.05, 4.69) is 0 Å². The van der Waals surface area contributed by atoms with E-state index in [0.717, 1.165) is 0 Å². The van der Waals surface area contributed by atoms with Crippen molar-refractivity contribution in [1.29, 1.82) is 0 Å². The average molecular weight is 295 g/mol. The van der Waals surface area contributed by atoms with Crippen LogP contribution in [0.15, 0.2) is 16.3 Å². The zero-order valence-electron chi connectivity index (χ0n) is 9.03. The lowest BCUT2D eigenvalue weighted by atomic mass is 10.5. The summed E-state index contributed by atoms with van der Waals surface area (Å²) >= 11 is 1.23. The Labute approximate surface area is 107 Å². The molecule has 1 fully saturated rings. The van der Waals surface area contributed by atoms with Gasteiger partial charge >= 0.3 is 0 Å². The van der Waals surface area contributed by atoms with Crippen molar-refractivity contribution in [2.45, 2.75) is 11.5 Å². The van der Waals surface area contributed by atoms with E-state index in [0.29, 0.717) is 29.5 Å². The van der Waals surface area contributed by atoms with Crippen molar-refractivity contribution in [1.82, 2.24) is 4.31 Å². The fourth-order valence-electron chi connectivity index (χ4n) is 1.59.